The van der Waals surface area contributed by atoms with E-state index in [0.717, 1.165) is 0 Å². The van der Waals surface area contributed by atoms with Gasteiger partial charge in [-0.25, -0.2) is 0 Å². The van der Waals surface area contributed by atoms with Crippen LogP contribution in [0.3, 0.4) is 0 Å². The monoisotopic (exact) mass is 114 g/mol. The Morgan fingerprint density at radius 2 is 2.62 bits per heavy atom. The highest BCUT2D eigenvalue weighted by Gasteiger charge is 2.22. The summed E-state index contributed by atoms with van der Waals surface area (Å²) in [6, 6.07) is 0. The molecule has 0 saturated carbocycles. The van der Waals surface area contributed by atoms with E-state index >= 15 is 0 Å². The Labute approximate surface area is 48.8 Å². The highest BCUT2D eigenvalue weighted by atomic mass is 16.5. The van der Waals surface area contributed by atoms with Crippen LogP contribution >= 0.6 is 0 Å². The molecule has 0 aromatic rings. The summed E-state index contributed by atoms with van der Waals surface area (Å²) in [6.07, 6.45) is 3.79. The van der Waals surface area contributed by atoms with Gasteiger partial charge in [-0.05, 0) is 6.92 Å². The molecular formula is C6H10O2. The Morgan fingerprint density at radius 3 is 2.88 bits per heavy atom. The zero-order chi connectivity index (χ0) is 6.04. The zero-order valence-electron chi connectivity index (χ0n) is 4.92. The quantitative estimate of drug-likeness (QED) is 0.497. The Balaban J connectivity index is 2.54. The smallest absolute Gasteiger partial charge is 0.107 e. The maximum absolute atomic E-state index is 8.65. The van der Waals surface area contributed by atoms with Crippen molar-refractivity contribution in [1.29, 1.82) is 0 Å². The molecule has 1 aliphatic heterocycles. The van der Waals surface area contributed by atoms with E-state index in [1.807, 2.05) is 19.1 Å². The largest absolute Gasteiger partial charge is 0.393 e. The maximum atomic E-state index is 8.65. The van der Waals surface area contributed by atoms with Crippen LogP contribution in [0.2, 0.25) is 0 Å². The standard InChI is InChI=1S/C6H10O2/c1-6(5-7)3-2-4-8-6/h2-3,7H,4-5H2,1H3/t6-/m0/s1. The second-order valence-electron chi connectivity index (χ2n) is 2.18. The van der Waals surface area contributed by atoms with Crippen molar-refractivity contribution in [3.63, 3.8) is 0 Å². The molecule has 1 N–H and O–H groups in total. The summed E-state index contributed by atoms with van der Waals surface area (Å²) in [5.74, 6) is 0. The van der Waals surface area contributed by atoms with Crippen LogP contribution in [-0.4, -0.2) is 23.9 Å². The number of aliphatic hydroxyl groups excluding tert-OH is 1. The van der Waals surface area contributed by atoms with Gasteiger partial charge in [0.15, 0.2) is 0 Å². The first-order chi connectivity index (χ1) is 3.77. The van der Waals surface area contributed by atoms with Gasteiger partial charge in [0.05, 0.1) is 13.2 Å². The van der Waals surface area contributed by atoms with Gasteiger partial charge in [0.25, 0.3) is 0 Å². The molecule has 1 heterocycles. The first kappa shape index (κ1) is 5.79. The van der Waals surface area contributed by atoms with Gasteiger partial charge in [-0.1, -0.05) is 12.2 Å². The van der Waals surface area contributed by atoms with Gasteiger partial charge in [0.1, 0.15) is 5.60 Å². The molecule has 46 valence electrons. The predicted octanol–water partition coefficient (Wildman–Crippen LogP) is 0.324. The second kappa shape index (κ2) is 1.88. The van der Waals surface area contributed by atoms with Crippen molar-refractivity contribution in [3.05, 3.63) is 12.2 Å². The maximum Gasteiger partial charge on any atom is 0.107 e. The van der Waals surface area contributed by atoms with Crippen LogP contribution in [0.25, 0.3) is 0 Å². The third kappa shape index (κ3) is 0.904. The van der Waals surface area contributed by atoms with Crippen molar-refractivity contribution in [1.82, 2.24) is 0 Å². The van der Waals surface area contributed by atoms with Crippen LogP contribution in [0.5, 0.6) is 0 Å². The van der Waals surface area contributed by atoms with E-state index in [-0.39, 0.29) is 12.2 Å². The van der Waals surface area contributed by atoms with E-state index in [1.165, 1.54) is 0 Å². The lowest BCUT2D eigenvalue weighted by atomic mass is 10.1. The number of rotatable bonds is 1. The SMILES string of the molecule is C[C@@]1(CO)C=CCO1. The summed E-state index contributed by atoms with van der Waals surface area (Å²) in [6.45, 7) is 2.57. The van der Waals surface area contributed by atoms with Crippen LogP contribution in [0.4, 0.5) is 0 Å². The molecule has 0 saturated heterocycles. The molecule has 0 amide bonds. The molecule has 0 aromatic heterocycles. The molecule has 8 heavy (non-hydrogen) atoms. The summed E-state index contributed by atoms with van der Waals surface area (Å²) >= 11 is 0. The van der Waals surface area contributed by atoms with Crippen molar-refractivity contribution < 1.29 is 9.84 Å². The molecule has 1 atom stereocenters. The van der Waals surface area contributed by atoms with Crippen molar-refractivity contribution in [3.8, 4) is 0 Å². The molecular weight excluding hydrogens is 104 g/mol. The van der Waals surface area contributed by atoms with Crippen LogP contribution in [0.15, 0.2) is 12.2 Å². The van der Waals surface area contributed by atoms with Crippen LogP contribution in [-0.2, 0) is 4.74 Å². The predicted molar refractivity (Wildman–Crippen MR) is 30.6 cm³/mol. The van der Waals surface area contributed by atoms with Gasteiger partial charge in [0, 0.05) is 0 Å². The fourth-order valence-corrected chi connectivity index (χ4v) is 0.682. The van der Waals surface area contributed by atoms with Crippen LogP contribution in [0.1, 0.15) is 6.92 Å². The minimum absolute atomic E-state index is 0.0729. The fraction of sp³-hybridized carbons (Fsp3) is 0.667. The van der Waals surface area contributed by atoms with Crippen molar-refractivity contribution in [2.24, 2.45) is 0 Å². The zero-order valence-corrected chi connectivity index (χ0v) is 4.92. The Hall–Kier alpha value is -0.340. The molecule has 0 radical (unpaired) electrons. The average molecular weight is 114 g/mol. The second-order valence-corrected chi connectivity index (χ2v) is 2.18. The minimum atomic E-state index is -0.389. The first-order valence-corrected chi connectivity index (χ1v) is 2.69. The molecule has 0 spiro atoms. The van der Waals surface area contributed by atoms with E-state index in [2.05, 4.69) is 0 Å². The molecule has 0 aromatic carbocycles. The van der Waals surface area contributed by atoms with Gasteiger partial charge in [-0.3, -0.25) is 0 Å². The number of ether oxygens (including phenoxy) is 1. The summed E-state index contributed by atoms with van der Waals surface area (Å²) in [5.41, 5.74) is -0.389. The normalized spacial score (nSPS) is 36.2. The van der Waals surface area contributed by atoms with E-state index < -0.39 is 0 Å². The summed E-state index contributed by atoms with van der Waals surface area (Å²) in [4.78, 5) is 0. The lowest BCUT2D eigenvalue weighted by Gasteiger charge is -2.17. The molecule has 1 aliphatic rings. The van der Waals surface area contributed by atoms with E-state index in [1.54, 1.807) is 0 Å². The topological polar surface area (TPSA) is 29.5 Å². The Bertz CT molecular complexity index is 109. The van der Waals surface area contributed by atoms with E-state index in [9.17, 15) is 0 Å². The summed E-state index contributed by atoms with van der Waals surface area (Å²) in [7, 11) is 0. The molecule has 2 nitrogen and oxygen atoms in total. The first-order valence-electron chi connectivity index (χ1n) is 2.69. The Kier molecular flexibility index (Phi) is 1.36. The summed E-state index contributed by atoms with van der Waals surface area (Å²) in [5, 5.41) is 8.65. The van der Waals surface area contributed by atoms with Crippen molar-refractivity contribution >= 4 is 0 Å². The average Bonchev–Trinajstić information content (AvgIpc) is 2.17. The number of hydrogen-bond donors (Lipinski definition) is 1. The molecule has 2 heteroatoms. The van der Waals surface area contributed by atoms with E-state index in [0.29, 0.717) is 6.61 Å². The van der Waals surface area contributed by atoms with Gasteiger partial charge in [-0.2, -0.15) is 0 Å². The van der Waals surface area contributed by atoms with Gasteiger partial charge in [0.2, 0.25) is 0 Å². The summed E-state index contributed by atoms with van der Waals surface area (Å²) < 4.78 is 5.13. The fourth-order valence-electron chi connectivity index (χ4n) is 0.682. The molecule has 1 rings (SSSR count). The lowest BCUT2D eigenvalue weighted by Crippen LogP contribution is -2.26. The molecule has 0 unspecified atom stereocenters. The molecule has 0 aliphatic carbocycles. The third-order valence-corrected chi connectivity index (χ3v) is 1.29. The van der Waals surface area contributed by atoms with E-state index in [4.69, 9.17) is 9.84 Å². The molecule has 0 fully saturated rings. The Morgan fingerprint density at radius 1 is 1.88 bits per heavy atom. The van der Waals surface area contributed by atoms with Crippen LogP contribution in [0, 0.1) is 0 Å². The van der Waals surface area contributed by atoms with Crippen molar-refractivity contribution in [2.45, 2.75) is 12.5 Å². The highest BCUT2D eigenvalue weighted by Crippen LogP contribution is 2.16. The highest BCUT2D eigenvalue weighted by molar-refractivity contribution is 5.04. The lowest BCUT2D eigenvalue weighted by molar-refractivity contribution is -0.00364. The van der Waals surface area contributed by atoms with Gasteiger partial charge in [-0.15, -0.1) is 0 Å². The number of aliphatic hydroxyl groups is 1. The third-order valence-electron chi connectivity index (χ3n) is 1.29. The molecule has 0 bridgehead atoms. The van der Waals surface area contributed by atoms with Crippen molar-refractivity contribution in [2.75, 3.05) is 13.2 Å². The van der Waals surface area contributed by atoms with Gasteiger partial charge < -0.3 is 9.84 Å². The van der Waals surface area contributed by atoms with Crippen LogP contribution < -0.4 is 0 Å². The minimum Gasteiger partial charge on any atom is -0.393 e. The van der Waals surface area contributed by atoms with Gasteiger partial charge >= 0.3 is 0 Å². The number of hydrogen-bond acceptors (Lipinski definition) is 2.